The van der Waals surface area contributed by atoms with E-state index >= 15 is 0 Å². The molecule has 0 aromatic heterocycles. The number of carbonyl (C=O) groups excluding carboxylic acids is 1. The van der Waals surface area contributed by atoms with Crippen molar-refractivity contribution < 1.29 is 22.7 Å². The zero-order valence-electron chi connectivity index (χ0n) is 11.0. The van der Waals surface area contributed by atoms with Gasteiger partial charge in [-0.3, -0.25) is 0 Å². The maximum Gasteiger partial charge on any atom is 0.422 e. The third-order valence-corrected chi connectivity index (χ3v) is 5.08. The van der Waals surface area contributed by atoms with E-state index in [0.717, 1.165) is 19.3 Å². The minimum atomic E-state index is -4.71. The number of esters is 1. The van der Waals surface area contributed by atoms with Crippen molar-refractivity contribution in [2.24, 2.45) is 23.7 Å². The average Bonchev–Trinajstić information content (AvgIpc) is 2.94. The second-order valence-corrected chi connectivity index (χ2v) is 6.06. The van der Waals surface area contributed by atoms with Crippen molar-refractivity contribution in [2.75, 3.05) is 0 Å². The zero-order chi connectivity index (χ0) is 14.5. The van der Waals surface area contributed by atoms with Gasteiger partial charge >= 0.3 is 12.1 Å². The normalized spacial score (nSPS) is 38.6. The minimum absolute atomic E-state index is 0.183. The van der Waals surface area contributed by atoms with Crippen molar-refractivity contribution in [1.82, 2.24) is 0 Å². The van der Waals surface area contributed by atoms with E-state index in [9.17, 15) is 18.0 Å². The van der Waals surface area contributed by atoms with Crippen LogP contribution in [0.15, 0.2) is 24.3 Å². The lowest BCUT2D eigenvalue weighted by molar-refractivity contribution is -0.159. The van der Waals surface area contributed by atoms with E-state index in [-0.39, 0.29) is 5.92 Å². The summed E-state index contributed by atoms with van der Waals surface area (Å²) < 4.78 is 42.5. The van der Waals surface area contributed by atoms with Gasteiger partial charge < -0.3 is 4.74 Å². The van der Waals surface area contributed by atoms with E-state index in [1.807, 2.05) is 0 Å². The molecule has 0 aromatic rings. The number of fused-ring (bicyclic) bond motifs is 5. The van der Waals surface area contributed by atoms with Gasteiger partial charge in [0.2, 0.25) is 0 Å². The van der Waals surface area contributed by atoms with Gasteiger partial charge in [0, 0.05) is 5.92 Å². The molecule has 20 heavy (non-hydrogen) atoms. The highest BCUT2D eigenvalue weighted by Crippen LogP contribution is 2.55. The number of ether oxygens (including phenoxy) is 1. The smallest absolute Gasteiger partial charge is 0.422 e. The molecule has 3 aliphatic carbocycles. The number of carbonyl (C=O) groups is 1. The first kappa shape index (κ1) is 13.7. The summed E-state index contributed by atoms with van der Waals surface area (Å²) in [5.41, 5.74) is -1.41. The standard InChI is InChI=1S/C15H17F3O2/c1-8(15(16,17)18)14(19)20-13-6-5-9-7-12(13)11-4-2-3-10(9)11/h2,4,9-13H,1,3,5-7H2. The molecule has 2 fully saturated rings. The Kier molecular flexibility index (Phi) is 3.18. The molecule has 0 radical (unpaired) electrons. The van der Waals surface area contributed by atoms with Crippen LogP contribution in [0.1, 0.15) is 25.7 Å². The fraction of sp³-hybridized carbons (Fsp3) is 0.667. The maximum absolute atomic E-state index is 12.4. The molecule has 110 valence electrons. The molecular weight excluding hydrogens is 269 g/mol. The molecule has 0 aromatic carbocycles. The Labute approximate surface area is 115 Å². The molecule has 3 rings (SSSR count). The first-order chi connectivity index (χ1) is 9.38. The van der Waals surface area contributed by atoms with E-state index in [4.69, 9.17) is 4.74 Å². The van der Waals surface area contributed by atoms with Crippen LogP contribution < -0.4 is 0 Å². The number of allylic oxidation sites excluding steroid dienone is 2. The highest BCUT2D eigenvalue weighted by atomic mass is 19.4. The van der Waals surface area contributed by atoms with E-state index in [1.54, 1.807) is 0 Å². The predicted octanol–water partition coefficient (Wildman–Crippen LogP) is 3.64. The van der Waals surface area contributed by atoms with Crippen LogP contribution in [-0.2, 0) is 9.53 Å². The first-order valence-electron chi connectivity index (χ1n) is 7.01. The number of alkyl halides is 3. The van der Waals surface area contributed by atoms with Crippen LogP contribution in [0.25, 0.3) is 0 Å². The van der Waals surface area contributed by atoms with Gasteiger partial charge in [-0.2, -0.15) is 13.2 Å². The minimum Gasteiger partial charge on any atom is -0.458 e. The molecule has 5 heteroatoms. The van der Waals surface area contributed by atoms with E-state index in [0.29, 0.717) is 24.2 Å². The fourth-order valence-corrected chi connectivity index (χ4v) is 4.14. The van der Waals surface area contributed by atoms with Crippen molar-refractivity contribution in [3.63, 3.8) is 0 Å². The maximum atomic E-state index is 12.4. The summed E-state index contributed by atoms with van der Waals surface area (Å²) in [4.78, 5) is 11.6. The van der Waals surface area contributed by atoms with Crippen molar-refractivity contribution >= 4 is 5.97 Å². The molecular formula is C15H17F3O2. The fourth-order valence-electron chi connectivity index (χ4n) is 4.14. The molecule has 0 saturated heterocycles. The van der Waals surface area contributed by atoms with Crippen molar-refractivity contribution in [2.45, 2.75) is 38.0 Å². The van der Waals surface area contributed by atoms with Crippen LogP contribution in [0.2, 0.25) is 0 Å². The molecule has 0 heterocycles. The Morgan fingerprint density at radius 1 is 1.25 bits per heavy atom. The van der Waals surface area contributed by atoms with Gasteiger partial charge in [-0.1, -0.05) is 18.7 Å². The topological polar surface area (TPSA) is 26.3 Å². The zero-order valence-corrected chi connectivity index (χ0v) is 11.0. The Morgan fingerprint density at radius 2 is 2.00 bits per heavy atom. The summed E-state index contributed by atoms with van der Waals surface area (Å²) in [7, 11) is 0. The third kappa shape index (κ3) is 2.17. The Bertz CT molecular complexity index is 466. The summed E-state index contributed by atoms with van der Waals surface area (Å²) in [5.74, 6) is 0.489. The molecule has 2 bridgehead atoms. The van der Waals surface area contributed by atoms with Crippen LogP contribution in [-0.4, -0.2) is 18.2 Å². The van der Waals surface area contributed by atoms with Crippen LogP contribution in [0.4, 0.5) is 13.2 Å². The lowest BCUT2D eigenvalue weighted by Gasteiger charge is -2.30. The second kappa shape index (κ2) is 4.64. The molecule has 0 aliphatic heterocycles. The van der Waals surface area contributed by atoms with Crippen LogP contribution in [0.5, 0.6) is 0 Å². The monoisotopic (exact) mass is 286 g/mol. The SMILES string of the molecule is C=C(C(=O)OC1CCC2CC1C1C=CCC21)C(F)(F)F. The molecule has 2 saturated carbocycles. The first-order valence-corrected chi connectivity index (χ1v) is 7.01. The largest absolute Gasteiger partial charge is 0.458 e. The van der Waals surface area contributed by atoms with Gasteiger partial charge in [-0.05, 0) is 43.4 Å². The van der Waals surface area contributed by atoms with Gasteiger partial charge in [0.05, 0.1) is 0 Å². The highest BCUT2D eigenvalue weighted by Gasteiger charge is 2.51. The molecule has 0 spiro atoms. The Hall–Kier alpha value is -1.26. The summed E-state index contributed by atoms with van der Waals surface area (Å²) in [6.45, 7) is 2.81. The van der Waals surface area contributed by atoms with E-state index < -0.39 is 23.8 Å². The van der Waals surface area contributed by atoms with Gasteiger partial charge in [-0.15, -0.1) is 0 Å². The number of hydrogen-bond acceptors (Lipinski definition) is 2. The van der Waals surface area contributed by atoms with Crippen LogP contribution in [0, 0.1) is 23.7 Å². The molecule has 0 N–H and O–H groups in total. The number of rotatable bonds is 2. The number of halogens is 3. The quantitative estimate of drug-likeness (QED) is 0.440. The lowest BCUT2D eigenvalue weighted by atomic mass is 9.83. The van der Waals surface area contributed by atoms with Crippen LogP contribution in [0.3, 0.4) is 0 Å². The molecule has 0 amide bonds. The lowest BCUT2D eigenvalue weighted by Crippen LogP contribution is -2.33. The van der Waals surface area contributed by atoms with Crippen molar-refractivity contribution in [1.29, 1.82) is 0 Å². The summed E-state index contributed by atoms with van der Waals surface area (Å²) in [5, 5.41) is 0. The predicted molar refractivity (Wildman–Crippen MR) is 66.6 cm³/mol. The van der Waals surface area contributed by atoms with Gasteiger partial charge in [0.25, 0.3) is 0 Å². The van der Waals surface area contributed by atoms with E-state index in [1.165, 1.54) is 0 Å². The second-order valence-electron chi connectivity index (χ2n) is 6.06. The molecule has 5 unspecified atom stereocenters. The summed E-state index contributed by atoms with van der Waals surface area (Å²) in [6, 6.07) is 0. The molecule has 3 aliphatic rings. The van der Waals surface area contributed by atoms with Crippen molar-refractivity contribution in [3.05, 3.63) is 24.3 Å². The third-order valence-electron chi connectivity index (χ3n) is 5.08. The van der Waals surface area contributed by atoms with Gasteiger partial charge in [-0.25, -0.2) is 4.79 Å². The molecule has 2 nitrogen and oxygen atoms in total. The van der Waals surface area contributed by atoms with Crippen molar-refractivity contribution in [3.8, 4) is 0 Å². The summed E-state index contributed by atoms with van der Waals surface area (Å²) >= 11 is 0. The Morgan fingerprint density at radius 3 is 2.70 bits per heavy atom. The summed E-state index contributed by atoms with van der Waals surface area (Å²) in [6.07, 6.45) is 2.84. The van der Waals surface area contributed by atoms with Gasteiger partial charge in [0.15, 0.2) is 0 Å². The van der Waals surface area contributed by atoms with Gasteiger partial charge in [0.1, 0.15) is 11.7 Å². The van der Waals surface area contributed by atoms with E-state index in [2.05, 4.69) is 18.7 Å². The molecule has 5 atom stereocenters. The van der Waals surface area contributed by atoms with Crippen LogP contribution >= 0.6 is 0 Å². The highest BCUT2D eigenvalue weighted by molar-refractivity contribution is 5.89. The number of hydrogen-bond donors (Lipinski definition) is 0. The Balaban J connectivity index is 1.68. The average molecular weight is 286 g/mol.